The van der Waals surface area contributed by atoms with E-state index in [4.69, 9.17) is 16.7 Å². The van der Waals surface area contributed by atoms with E-state index in [1.807, 2.05) is 26.0 Å². The number of aromatic nitrogens is 2. The van der Waals surface area contributed by atoms with Gasteiger partial charge in [0.1, 0.15) is 5.69 Å². The maximum absolute atomic E-state index is 12.3. The number of aliphatic hydroxyl groups is 1. The Balaban J connectivity index is 2.19. The molecule has 5 nitrogen and oxygen atoms in total. The summed E-state index contributed by atoms with van der Waals surface area (Å²) < 4.78 is 0. The third-order valence-corrected chi connectivity index (χ3v) is 3.61. The number of amides is 1. The molecule has 1 aromatic heterocycles. The van der Waals surface area contributed by atoms with E-state index >= 15 is 0 Å². The van der Waals surface area contributed by atoms with Gasteiger partial charge >= 0.3 is 0 Å². The third kappa shape index (κ3) is 5.01. The number of hydrogen-bond acceptors (Lipinski definition) is 4. The zero-order valence-electron chi connectivity index (χ0n) is 13.2. The fourth-order valence-corrected chi connectivity index (χ4v) is 2.31. The minimum absolute atomic E-state index is 0.0242. The van der Waals surface area contributed by atoms with E-state index < -0.39 is 0 Å². The van der Waals surface area contributed by atoms with Gasteiger partial charge in [0.05, 0.1) is 0 Å². The van der Waals surface area contributed by atoms with Gasteiger partial charge in [0, 0.05) is 28.9 Å². The molecular weight excluding hydrogens is 314 g/mol. The molecule has 0 spiro atoms. The number of aliphatic hydroxyl groups excluding tert-OH is 1. The first-order chi connectivity index (χ1) is 11.0. The van der Waals surface area contributed by atoms with Crippen LogP contribution in [0.2, 0.25) is 5.02 Å². The Morgan fingerprint density at radius 1 is 1.30 bits per heavy atom. The molecule has 122 valence electrons. The molecule has 2 aromatic rings. The molecular formula is C17H20ClN3O2. The zero-order chi connectivity index (χ0) is 16.8. The van der Waals surface area contributed by atoms with Crippen LogP contribution in [0.25, 0.3) is 11.4 Å². The number of nitrogens with one attached hydrogen (secondary N) is 1. The van der Waals surface area contributed by atoms with Crippen molar-refractivity contribution in [2.75, 3.05) is 6.61 Å². The zero-order valence-corrected chi connectivity index (χ0v) is 14.0. The molecule has 0 saturated carbocycles. The van der Waals surface area contributed by atoms with Gasteiger partial charge in [-0.15, -0.1) is 0 Å². The number of aryl methyl sites for hydroxylation is 1. The summed E-state index contributed by atoms with van der Waals surface area (Å²) in [5, 5.41) is 12.4. The molecule has 23 heavy (non-hydrogen) atoms. The lowest BCUT2D eigenvalue weighted by Gasteiger charge is -2.13. The quantitative estimate of drug-likeness (QED) is 0.852. The third-order valence-electron chi connectivity index (χ3n) is 3.36. The van der Waals surface area contributed by atoms with Gasteiger partial charge in [-0.3, -0.25) is 4.79 Å². The minimum atomic E-state index is -0.240. The Morgan fingerprint density at radius 3 is 2.65 bits per heavy atom. The van der Waals surface area contributed by atoms with Crippen LogP contribution in [0, 0.1) is 6.92 Å². The molecule has 0 aliphatic rings. The molecule has 0 bridgehead atoms. The summed E-state index contributed by atoms with van der Waals surface area (Å²) in [6.07, 6.45) is 1.37. The maximum atomic E-state index is 12.3. The van der Waals surface area contributed by atoms with E-state index in [0.717, 1.165) is 17.7 Å². The van der Waals surface area contributed by atoms with Crippen molar-refractivity contribution in [2.45, 2.75) is 32.7 Å². The highest BCUT2D eigenvalue weighted by Crippen LogP contribution is 2.19. The Labute approximate surface area is 140 Å². The topological polar surface area (TPSA) is 75.1 Å². The summed E-state index contributed by atoms with van der Waals surface area (Å²) >= 11 is 5.89. The lowest BCUT2D eigenvalue weighted by molar-refractivity contribution is 0.0931. The first kappa shape index (κ1) is 17.4. The number of carbonyl (C=O) groups excluding carboxylic acids is 1. The van der Waals surface area contributed by atoms with E-state index in [1.165, 1.54) is 0 Å². The Hall–Kier alpha value is -1.98. The van der Waals surface area contributed by atoms with Crippen molar-refractivity contribution in [3.8, 4) is 11.4 Å². The van der Waals surface area contributed by atoms with Crippen LogP contribution in [0.15, 0.2) is 30.3 Å². The Morgan fingerprint density at radius 2 is 2.00 bits per heavy atom. The van der Waals surface area contributed by atoms with Crippen molar-refractivity contribution >= 4 is 17.5 Å². The molecule has 0 radical (unpaired) electrons. The number of rotatable bonds is 6. The smallest absolute Gasteiger partial charge is 0.270 e. The SMILES string of the molecule is Cc1cc(C(=O)NC(C)CCCO)nc(-c2ccc(Cl)cc2)n1. The largest absolute Gasteiger partial charge is 0.396 e. The number of benzene rings is 1. The van der Waals surface area contributed by atoms with Crippen molar-refractivity contribution in [2.24, 2.45) is 0 Å². The highest BCUT2D eigenvalue weighted by Gasteiger charge is 2.14. The first-order valence-corrected chi connectivity index (χ1v) is 7.90. The second-order valence-electron chi connectivity index (χ2n) is 5.47. The van der Waals surface area contributed by atoms with E-state index in [9.17, 15) is 4.79 Å². The molecule has 0 saturated heterocycles. The maximum Gasteiger partial charge on any atom is 0.270 e. The average molecular weight is 334 g/mol. The lowest BCUT2D eigenvalue weighted by atomic mass is 10.1. The Kier molecular flexibility index (Phi) is 6.07. The number of halogens is 1. The van der Waals surface area contributed by atoms with Crippen LogP contribution < -0.4 is 5.32 Å². The second kappa shape index (κ2) is 8.04. The molecule has 1 amide bonds. The predicted molar refractivity (Wildman–Crippen MR) is 90.5 cm³/mol. The van der Waals surface area contributed by atoms with Gasteiger partial charge in [0.15, 0.2) is 5.82 Å². The van der Waals surface area contributed by atoms with Crippen molar-refractivity contribution < 1.29 is 9.90 Å². The summed E-state index contributed by atoms with van der Waals surface area (Å²) in [6, 6.07) is 8.81. The van der Waals surface area contributed by atoms with E-state index in [1.54, 1.807) is 18.2 Å². The molecule has 0 fully saturated rings. The average Bonchev–Trinajstić information content (AvgIpc) is 2.53. The number of carbonyl (C=O) groups is 1. The van der Waals surface area contributed by atoms with Crippen molar-refractivity contribution in [1.29, 1.82) is 0 Å². The second-order valence-corrected chi connectivity index (χ2v) is 5.90. The van der Waals surface area contributed by atoms with Gasteiger partial charge in [0.25, 0.3) is 5.91 Å². The fraction of sp³-hybridized carbons (Fsp3) is 0.353. The van der Waals surface area contributed by atoms with Gasteiger partial charge in [-0.2, -0.15) is 0 Å². The van der Waals surface area contributed by atoms with E-state index in [-0.39, 0.29) is 18.6 Å². The lowest BCUT2D eigenvalue weighted by Crippen LogP contribution is -2.33. The summed E-state index contributed by atoms with van der Waals surface area (Å²) in [5.41, 5.74) is 1.86. The van der Waals surface area contributed by atoms with Crippen molar-refractivity contribution in [3.05, 3.63) is 46.7 Å². The van der Waals surface area contributed by atoms with E-state index in [0.29, 0.717) is 23.0 Å². The van der Waals surface area contributed by atoms with E-state index in [2.05, 4.69) is 15.3 Å². The first-order valence-electron chi connectivity index (χ1n) is 7.53. The number of nitrogens with zero attached hydrogens (tertiary/aromatic N) is 2. The highest BCUT2D eigenvalue weighted by molar-refractivity contribution is 6.30. The standard InChI is InChI=1S/C17H20ClN3O2/c1-11(4-3-9-22)20-17(23)15-10-12(2)19-16(21-15)13-5-7-14(18)8-6-13/h5-8,10-11,22H,3-4,9H2,1-2H3,(H,20,23). The summed E-state index contributed by atoms with van der Waals surface area (Å²) in [5.74, 6) is 0.256. The molecule has 2 N–H and O–H groups in total. The van der Waals surface area contributed by atoms with Crippen LogP contribution in [0.4, 0.5) is 0 Å². The van der Waals surface area contributed by atoms with Crippen LogP contribution in [0.1, 0.15) is 35.9 Å². The van der Waals surface area contributed by atoms with Crippen LogP contribution in [0.5, 0.6) is 0 Å². The summed E-state index contributed by atoms with van der Waals surface area (Å²) in [6.45, 7) is 3.85. The monoisotopic (exact) mass is 333 g/mol. The molecule has 1 aromatic carbocycles. The van der Waals surface area contributed by atoms with Crippen LogP contribution >= 0.6 is 11.6 Å². The summed E-state index contributed by atoms with van der Waals surface area (Å²) in [4.78, 5) is 21.1. The van der Waals surface area contributed by atoms with Gasteiger partial charge in [-0.1, -0.05) is 11.6 Å². The van der Waals surface area contributed by atoms with Gasteiger partial charge in [-0.05, 0) is 57.0 Å². The van der Waals surface area contributed by atoms with Crippen LogP contribution in [-0.4, -0.2) is 33.6 Å². The minimum Gasteiger partial charge on any atom is -0.396 e. The number of hydrogen-bond donors (Lipinski definition) is 2. The van der Waals surface area contributed by atoms with Crippen molar-refractivity contribution in [1.82, 2.24) is 15.3 Å². The molecule has 1 unspecified atom stereocenters. The molecule has 0 aliphatic heterocycles. The predicted octanol–water partition coefficient (Wildman–Crippen LogP) is 3.00. The molecule has 0 aliphatic carbocycles. The van der Waals surface area contributed by atoms with Crippen LogP contribution in [0.3, 0.4) is 0 Å². The fourth-order valence-electron chi connectivity index (χ4n) is 2.18. The highest BCUT2D eigenvalue weighted by atomic mass is 35.5. The van der Waals surface area contributed by atoms with Crippen LogP contribution in [-0.2, 0) is 0 Å². The van der Waals surface area contributed by atoms with Gasteiger partial charge in [0.2, 0.25) is 0 Å². The molecule has 2 rings (SSSR count). The summed E-state index contributed by atoms with van der Waals surface area (Å²) in [7, 11) is 0. The van der Waals surface area contributed by atoms with Gasteiger partial charge < -0.3 is 10.4 Å². The Bertz CT molecular complexity index is 674. The molecule has 6 heteroatoms. The van der Waals surface area contributed by atoms with Crippen molar-refractivity contribution in [3.63, 3.8) is 0 Å². The molecule has 1 heterocycles. The normalized spacial score (nSPS) is 12.0. The molecule has 1 atom stereocenters. The van der Waals surface area contributed by atoms with Gasteiger partial charge in [-0.25, -0.2) is 9.97 Å².